The van der Waals surface area contributed by atoms with Crippen molar-refractivity contribution in [1.82, 2.24) is 5.32 Å². The van der Waals surface area contributed by atoms with Gasteiger partial charge in [0.1, 0.15) is 11.5 Å². The number of hydrogen-bond donors (Lipinski definition) is 1. The molecule has 0 bridgehead atoms. The van der Waals surface area contributed by atoms with E-state index >= 15 is 0 Å². The van der Waals surface area contributed by atoms with Gasteiger partial charge >= 0.3 is 0 Å². The maximum Gasteiger partial charge on any atom is 0.236 e. The number of hydrogen-bond acceptors (Lipinski definition) is 5. The highest BCUT2D eigenvalue weighted by Gasteiger charge is 2.15. The molecule has 0 aliphatic carbocycles. The van der Waals surface area contributed by atoms with E-state index in [2.05, 4.69) is 29.4 Å². The first-order chi connectivity index (χ1) is 11.6. The Morgan fingerprint density at radius 3 is 2.75 bits per heavy atom. The monoisotopic (exact) mass is 339 g/mol. The Bertz CT molecular complexity index is 831. The number of ether oxygens (including phenoxy) is 1. The van der Waals surface area contributed by atoms with E-state index in [4.69, 9.17) is 4.74 Å². The van der Waals surface area contributed by atoms with Crippen molar-refractivity contribution in [1.29, 1.82) is 0 Å². The molecule has 0 saturated carbocycles. The maximum atomic E-state index is 11.1. The van der Waals surface area contributed by atoms with Crippen LogP contribution in [0, 0.1) is 13.8 Å². The first-order valence-electron chi connectivity index (χ1n) is 7.49. The molecule has 1 aliphatic heterocycles. The lowest BCUT2D eigenvalue weighted by atomic mass is 10.1. The van der Waals surface area contributed by atoms with Crippen molar-refractivity contribution in [3.63, 3.8) is 0 Å². The number of thioether (sulfide) groups is 1. The number of nitrogens with zero attached hydrogens (tertiary/aromatic N) is 2. The Balaban J connectivity index is 1.77. The van der Waals surface area contributed by atoms with Gasteiger partial charge in [-0.05, 0) is 49.2 Å². The number of para-hydroxylation sites is 1. The van der Waals surface area contributed by atoms with Crippen LogP contribution in [0.15, 0.2) is 52.7 Å². The van der Waals surface area contributed by atoms with Crippen LogP contribution in [-0.2, 0) is 4.79 Å². The molecule has 1 saturated heterocycles. The Kier molecular flexibility index (Phi) is 4.96. The summed E-state index contributed by atoms with van der Waals surface area (Å²) >= 11 is 1.34. The first-order valence-corrected chi connectivity index (χ1v) is 8.48. The van der Waals surface area contributed by atoms with E-state index in [-0.39, 0.29) is 5.91 Å². The SMILES string of the molecule is Cc1ccc(Oc2ccccc2C=NN=C2NC(=O)CS2)cc1C. The second-order valence-electron chi connectivity index (χ2n) is 5.37. The van der Waals surface area contributed by atoms with Gasteiger partial charge in [0, 0.05) is 5.56 Å². The average molecular weight is 339 g/mol. The molecule has 2 aromatic rings. The van der Waals surface area contributed by atoms with Crippen molar-refractivity contribution in [3.05, 3.63) is 59.2 Å². The van der Waals surface area contributed by atoms with Crippen LogP contribution in [0.1, 0.15) is 16.7 Å². The molecule has 1 fully saturated rings. The molecule has 3 rings (SSSR count). The topological polar surface area (TPSA) is 63.1 Å². The van der Waals surface area contributed by atoms with Crippen molar-refractivity contribution in [2.45, 2.75) is 13.8 Å². The van der Waals surface area contributed by atoms with Crippen LogP contribution in [-0.4, -0.2) is 23.0 Å². The van der Waals surface area contributed by atoms with Crippen LogP contribution >= 0.6 is 11.8 Å². The Morgan fingerprint density at radius 1 is 1.17 bits per heavy atom. The third kappa shape index (κ3) is 4.02. The minimum absolute atomic E-state index is 0.0487. The highest BCUT2D eigenvalue weighted by molar-refractivity contribution is 8.15. The number of amidine groups is 1. The predicted octanol–water partition coefficient (Wildman–Crippen LogP) is 3.65. The van der Waals surface area contributed by atoms with Crippen LogP contribution in [0.25, 0.3) is 0 Å². The van der Waals surface area contributed by atoms with E-state index in [1.165, 1.54) is 22.9 Å². The van der Waals surface area contributed by atoms with Gasteiger partial charge in [0.05, 0.1) is 12.0 Å². The number of aryl methyl sites for hydroxylation is 2. The number of benzene rings is 2. The molecule has 24 heavy (non-hydrogen) atoms. The largest absolute Gasteiger partial charge is 0.457 e. The van der Waals surface area contributed by atoms with Gasteiger partial charge < -0.3 is 10.1 Å². The van der Waals surface area contributed by atoms with Crippen LogP contribution in [0.4, 0.5) is 0 Å². The van der Waals surface area contributed by atoms with Gasteiger partial charge in [0.25, 0.3) is 0 Å². The fourth-order valence-corrected chi connectivity index (χ4v) is 2.74. The van der Waals surface area contributed by atoms with E-state index in [0.29, 0.717) is 16.7 Å². The first kappa shape index (κ1) is 16.3. The Hall–Kier alpha value is -2.60. The summed E-state index contributed by atoms with van der Waals surface area (Å²) in [6.07, 6.45) is 1.62. The van der Waals surface area contributed by atoms with E-state index < -0.39 is 0 Å². The molecule has 0 unspecified atom stereocenters. The van der Waals surface area contributed by atoms with Gasteiger partial charge in [0.2, 0.25) is 5.91 Å². The minimum Gasteiger partial charge on any atom is -0.457 e. The lowest BCUT2D eigenvalue weighted by Crippen LogP contribution is -2.19. The lowest BCUT2D eigenvalue weighted by Gasteiger charge is -2.10. The highest BCUT2D eigenvalue weighted by Crippen LogP contribution is 2.26. The molecule has 0 aromatic heterocycles. The molecular weight excluding hydrogens is 322 g/mol. The zero-order valence-electron chi connectivity index (χ0n) is 13.4. The number of carbonyl (C=O) groups excluding carboxylic acids is 1. The molecule has 1 N–H and O–H groups in total. The summed E-state index contributed by atoms with van der Waals surface area (Å²) in [5, 5.41) is 11.2. The lowest BCUT2D eigenvalue weighted by molar-refractivity contribution is -0.116. The van der Waals surface area contributed by atoms with Crippen LogP contribution < -0.4 is 10.1 Å². The van der Waals surface area contributed by atoms with Crippen molar-refractivity contribution in [3.8, 4) is 11.5 Å². The van der Waals surface area contributed by atoms with E-state index in [0.717, 1.165) is 11.3 Å². The molecule has 0 spiro atoms. The fourth-order valence-electron chi connectivity index (χ4n) is 2.11. The summed E-state index contributed by atoms with van der Waals surface area (Å²) < 4.78 is 5.97. The van der Waals surface area contributed by atoms with E-state index in [9.17, 15) is 4.79 Å². The maximum absolute atomic E-state index is 11.1. The third-order valence-electron chi connectivity index (χ3n) is 3.56. The molecule has 0 radical (unpaired) electrons. The summed E-state index contributed by atoms with van der Waals surface area (Å²) in [6, 6.07) is 13.6. The summed E-state index contributed by atoms with van der Waals surface area (Å²) in [6.45, 7) is 4.12. The number of rotatable bonds is 4. The number of nitrogens with one attached hydrogen (secondary N) is 1. The smallest absolute Gasteiger partial charge is 0.236 e. The summed E-state index contributed by atoms with van der Waals surface area (Å²) in [7, 11) is 0. The summed E-state index contributed by atoms with van der Waals surface area (Å²) in [5.74, 6) is 1.82. The standard InChI is InChI=1S/C18H17N3O2S/c1-12-7-8-15(9-13(12)2)23-16-6-4-3-5-14(16)10-19-21-18-20-17(22)11-24-18/h3-10H,11H2,1-2H3,(H,20,21,22). The van der Waals surface area contributed by atoms with Crippen molar-refractivity contribution in [2.75, 3.05) is 5.75 Å². The molecule has 1 amide bonds. The van der Waals surface area contributed by atoms with Crippen molar-refractivity contribution < 1.29 is 9.53 Å². The van der Waals surface area contributed by atoms with Crippen molar-refractivity contribution >= 4 is 29.1 Å². The second kappa shape index (κ2) is 7.31. The van der Waals surface area contributed by atoms with E-state index in [1.807, 2.05) is 42.5 Å². The van der Waals surface area contributed by atoms with Gasteiger partial charge in [-0.15, -0.1) is 5.10 Å². The molecule has 5 nitrogen and oxygen atoms in total. The van der Waals surface area contributed by atoms with Crippen LogP contribution in [0.2, 0.25) is 0 Å². The Morgan fingerprint density at radius 2 is 2.00 bits per heavy atom. The highest BCUT2D eigenvalue weighted by atomic mass is 32.2. The van der Waals surface area contributed by atoms with Gasteiger partial charge in [-0.3, -0.25) is 4.79 Å². The van der Waals surface area contributed by atoms with Crippen LogP contribution in [0.3, 0.4) is 0 Å². The average Bonchev–Trinajstić information content (AvgIpc) is 2.98. The van der Waals surface area contributed by atoms with E-state index in [1.54, 1.807) is 6.21 Å². The van der Waals surface area contributed by atoms with Gasteiger partial charge in [-0.25, -0.2) is 0 Å². The van der Waals surface area contributed by atoms with Gasteiger partial charge in [-0.1, -0.05) is 30.0 Å². The molecule has 1 aliphatic rings. The quantitative estimate of drug-likeness (QED) is 0.683. The normalized spacial score (nSPS) is 15.9. The fraction of sp³-hybridized carbons (Fsp3) is 0.167. The molecule has 6 heteroatoms. The number of carbonyl (C=O) groups is 1. The molecular formula is C18H17N3O2S. The Labute approximate surface area is 144 Å². The molecule has 1 heterocycles. The summed E-state index contributed by atoms with van der Waals surface area (Å²) in [5.41, 5.74) is 3.22. The second-order valence-corrected chi connectivity index (χ2v) is 6.34. The van der Waals surface area contributed by atoms with Gasteiger partial charge in [-0.2, -0.15) is 5.10 Å². The minimum atomic E-state index is -0.0487. The van der Waals surface area contributed by atoms with Gasteiger partial charge in [0.15, 0.2) is 5.17 Å². The van der Waals surface area contributed by atoms with Crippen molar-refractivity contribution in [2.24, 2.45) is 10.2 Å². The van der Waals surface area contributed by atoms with Crippen LogP contribution in [0.5, 0.6) is 11.5 Å². The number of amides is 1. The molecule has 122 valence electrons. The summed E-state index contributed by atoms with van der Waals surface area (Å²) in [4.78, 5) is 11.1. The molecule has 0 atom stereocenters. The molecule has 2 aromatic carbocycles. The zero-order chi connectivity index (χ0) is 16.9. The predicted molar refractivity (Wildman–Crippen MR) is 98.1 cm³/mol. The zero-order valence-corrected chi connectivity index (χ0v) is 14.3. The third-order valence-corrected chi connectivity index (χ3v) is 4.42.